The molecule has 2 aromatic rings. The van der Waals surface area contributed by atoms with Gasteiger partial charge in [-0.1, -0.05) is 17.8 Å². The molecule has 1 heterocycles. The molecule has 2 rings (SSSR count). The summed E-state index contributed by atoms with van der Waals surface area (Å²) in [7, 11) is 1.61. The monoisotopic (exact) mass is 267 g/mol. The second kappa shape index (κ2) is 5.53. The first-order valence-electron chi connectivity index (χ1n) is 5.14. The molecule has 0 spiro atoms. The lowest BCUT2D eigenvalue weighted by Crippen LogP contribution is -1.98. The fourth-order valence-electron chi connectivity index (χ4n) is 1.56. The van der Waals surface area contributed by atoms with Crippen LogP contribution in [0, 0.1) is 0 Å². The zero-order valence-electron chi connectivity index (χ0n) is 9.58. The van der Waals surface area contributed by atoms with Crippen molar-refractivity contribution in [2.75, 3.05) is 7.11 Å². The number of hydrogen-bond acceptors (Lipinski definition) is 5. The predicted octanol–water partition coefficient (Wildman–Crippen LogP) is 3.36. The zero-order chi connectivity index (χ0) is 12.3. The van der Waals surface area contributed by atoms with E-state index in [2.05, 4.69) is 4.98 Å². The summed E-state index contributed by atoms with van der Waals surface area (Å²) in [5, 5.41) is 11.8. The molecular weight excluding hydrogens is 254 g/mol. The summed E-state index contributed by atoms with van der Waals surface area (Å²) >= 11 is 3.13. The number of aromatic nitrogens is 1. The summed E-state index contributed by atoms with van der Waals surface area (Å²) < 4.78 is 6.23. The second-order valence-corrected chi connectivity index (χ2v) is 5.63. The van der Waals surface area contributed by atoms with E-state index in [4.69, 9.17) is 4.74 Å². The number of benzene rings is 1. The minimum atomic E-state index is -0.561. The predicted molar refractivity (Wildman–Crippen MR) is 69.9 cm³/mol. The Bertz CT molecular complexity index is 483. The van der Waals surface area contributed by atoms with E-state index in [1.54, 1.807) is 43.3 Å². The summed E-state index contributed by atoms with van der Waals surface area (Å²) in [5.41, 5.74) is 0.815. The normalized spacial score (nSPS) is 12.4. The highest BCUT2D eigenvalue weighted by Gasteiger charge is 2.15. The average Bonchev–Trinajstić information content (AvgIpc) is 2.81. The maximum atomic E-state index is 9.83. The van der Waals surface area contributed by atoms with Gasteiger partial charge in [-0.05, 0) is 19.1 Å². The van der Waals surface area contributed by atoms with Crippen LogP contribution in [0.1, 0.15) is 18.6 Å². The van der Waals surface area contributed by atoms with Gasteiger partial charge in [0.05, 0.1) is 13.2 Å². The summed E-state index contributed by atoms with van der Waals surface area (Å²) in [6, 6.07) is 5.74. The van der Waals surface area contributed by atoms with E-state index in [1.165, 1.54) is 0 Å². The topological polar surface area (TPSA) is 42.4 Å². The van der Waals surface area contributed by atoms with Gasteiger partial charge in [-0.3, -0.25) is 0 Å². The van der Waals surface area contributed by atoms with Gasteiger partial charge in [-0.25, -0.2) is 4.98 Å². The summed E-state index contributed by atoms with van der Waals surface area (Å²) in [5.74, 6) is 0.710. The molecule has 0 saturated carbocycles. The molecule has 0 radical (unpaired) electrons. The largest absolute Gasteiger partial charge is 0.496 e. The first kappa shape index (κ1) is 12.4. The fourth-order valence-corrected chi connectivity index (χ4v) is 3.38. The summed E-state index contributed by atoms with van der Waals surface area (Å²) in [6.07, 6.45) is 1.21. The molecule has 0 aliphatic rings. The number of methoxy groups -OCH3 is 1. The smallest absolute Gasteiger partial charge is 0.154 e. The first-order valence-corrected chi connectivity index (χ1v) is 6.84. The van der Waals surface area contributed by atoms with Gasteiger partial charge < -0.3 is 9.84 Å². The molecule has 5 heteroatoms. The van der Waals surface area contributed by atoms with E-state index >= 15 is 0 Å². The van der Waals surface area contributed by atoms with Crippen molar-refractivity contribution < 1.29 is 9.84 Å². The SMILES string of the molecule is COc1cccc(Sc2nccs2)c1[C@@H](C)O. The number of thiazole rings is 1. The van der Waals surface area contributed by atoms with Gasteiger partial charge in [0.1, 0.15) is 5.75 Å². The summed E-state index contributed by atoms with van der Waals surface area (Å²) in [6.45, 7) is 1.74. The van der Waals surface area contributed by atoms with Gasteiger partial charge in [-0.15, -0.1) is 11.3 Å². The van der Waals surface area contributed by atoms with Crippen molar-refractivity contribution in [2.45, 2.75) is 22.3 Å². The van der Waals surface area contributed by atoms with Crippen LogP contribution in [-0.2, 0) is 0 Å². The average molecular weight is 267 g/mol. The molecule has 17 heavy (non-hydrogen) atoms. The molecule has 3 nitrogen and oxygen atoms in total. The van der Waals surface area contributed by atoms with E-state index in [0.717, 1.165) is 14.8 Å². The van der Waals surface area contributed by atoms with E-state index in [0.29, 0.717) is 5.75 Å². The van der Waals surface area contributed by atoms with Crippen molar-refractivity contribution in [1.82, 2.24) is 4.98 Å². The van der Waals surface area contributed by atoms with Gasteiger partial charge in [0, 0.05) is 22.0 Å². The van der Waals surface area contributed by atoms with E-state index in [-0.39, 0.29) is 0 Å². The number of aliphatic hydroxyl groups is 1. The van der Waals surface area contributed by atoms with Crippen LogP contribution in [0.15, 0.2) is 39.0 Å². The molecule has 1 aromatic heterocycles. The standard InChI is InChI=1S/C12H13NO2S2/c1-8(14)11-9(15-2)4-3-5-10(11)17-12-13-6-7-16-12/h3-8,14H,1-2H3/t8-/m1/s1. The molecule has 90 valence electrons. The van der Waals surface area contributed by atoms with Crippen LogP contribution in [-0.4, -0.2) is 17.2 Å². The third-order valence-electron chi connectivity index (χ3n) is 2.27. The van der Waals surface area contributed by atoms with E-state index in [9.17, 15) is 5.11 Å². The molecule has 0 aliphatic carbocycles. The van der Waals surface area contributed by atoms with Crippen LogP contribution < -0.4 is 4.74 Å². The van der Waals surface area contributed by atoms with Crippen molar-refractivity contribution in [1.29, 1.82) is 0 Å². The molecule has 0 fully saturated rings. The third kappa shape index (κ3) is 2.80. The highest BCUT2D eigenvalue weighted by atomic mass is 32.2. The van der Waals surface area contributed by atoms with Crippen LogP contribution in [0.2, 0.25) is 0 Å². The molecule has 1 aromatic carbocycles. The Hall–Kier alpha value is -1.04. The molecule has 0 unspecified atom stereocenters. The fraction of sp³-hybridized carbons (Fsp3) is 0.250. The Morgan fingerprint density at radius 2 is 2.29 bits per heavy atom. The third-order valence-corrected chi connectivity index (χ3v) is 4.23. The maximum absolute atomic E-state index is 9.83. The lowest BCUT2D eigenvalue weighted by atomic mass is 10.1. The molecule has 0 aliphatic heterocycles. The molecular formula is C12H13NO2S2. The lowest BCUT2D eigenvalue weighted by Gasteiger charge is -2.14. The quantitative estimate of drug-likeness (QED) is 0.922. The number of nitrogens with zero attached hydrogens (tertiary/aromatic N) is 1. The summed E-state index contributed by atoms with van der Waals surface area (Å²) in [4.78, 5) is 5.21. The molecule has 0 saturated heterocycles. The van der Waals surface area contributed by atoms with Gasteiger partial charge in [0.2, 0.25) is 0 Å². The molecule has 1 atom stereocenters. The Morgan fingerprint density at radius 3 is 2.88 bits per heavy atom. The van der Waals surface area contributed by atoms with Gasteiger partial charge in [0.15, 0.2) is 4.34 Å². The van der Waals surface area contributed by atoms with Crippen LogP contribution in [0.25, 0.3) is 0 Å². The van der Waals surface area contributed by atoms with Gasteiger partial charge in [-0.2, -0.15) is 0 Å². The van der Waals surface area contributed by atoms with Crippen molar-refractivity contribution in [3.05, 3.63) is 35.3 Å². The number of rotatable bonds is 4. The minimum Gasteiger partial charge on any atom is -0.496 e. The Kier molecular flexibility index (Phi) is 4.04. The number of aliphatic hydroxyl groups excluding tert-OH is 1. The second-order valence-electron chi connectivity index (χ2n) is 3.45. The highest BCUT2D eigenvalue weighted by Crippen LogP contribution is 2.38. The van der Waals surface area contributed by atoms with E-state index in [1.807, 2.05) is 23.6 Å². The van der Waals surface area contributed by atoms with Crippen molar-refractivity contribution in [3.8, 4) is 5.75 Å². The van der Waals surface area contributed by atoms with Crippen molar-refractivity contribution in [3.63, 3.8) is 0 Å². The lowest BCUT2D eigenvalue weighted by molar-refractivity contribution is 0.191. The van der Waals surface area contributed by atoms with Crippen LogP contribution in [0.4, 0.5) is 0 Å². The molecule has 0 amide bonds. The van der Waals surface area contributed by atoms with Crippen LogP contribution in [0.3, 0.4) is 0 Å². The van der Waals surface area contributed by atoms with Crippen LogP contribution >= 0.6 is 23.1 Å². The van der Waals surface area contributed by atoms with Crippen molar-refractivity contribution >= 4 is 23.1 Å². The maximum Gasteiger partial charge on any atom is 0.154 e. The first-order chi connectivity index (χ1) is 8.22. The Morgan fingerprint density at radius 1 is 1.47 bits per heavy atom. The molecule has 0 bridgehead atoms. The van der Waals surface area contributed by atoms with Gasteiger partial charge >= 0.3 is 0 Å². The van der Waals surface area contributed by atoms with Crippen LogP contribution in [0.5, 0.6) is 5.75 Å². The minimum absolute atomic E-state index is 0.561. The van der Waals surface area contributed by atoms with Gasteiger partial charge in [0.25, 0.3) is 0 Å². The van der Waals surface area contributed by atoms with E-state index < -0.39 is 6.10 Å². The Labute approximate surface area is 108 Å². The molecule has 1 N–H and O–H groups in total. The Balaban J connectivity index is 2.39. The highest BCUT2D eigenvalue weighted by molar-refractivity contribution is 8.01. The zero-order valence-corrected chi connectivity index (χ0v) is 11.2. The number of hydrogen-bond donors (Lipinski definition) is 1. The van der Waals surface area contributed by atoms with Crippen molar-refractivity contribution in [2.24, 2.45) is 0 Å². The number of ether oxygens (including phenoxy) is 1.